The molecular formula is C66H138N14O. The first kappa shape index (κ1) is 71.2. The van der Waals surface area contributed by atoms with E-state index in [2.05, 4.69) is 181 Å². The van der Waals surface area contributed by atoms with Gasteiger partial charge in [-0.25, -0.2) is 0 Å². The average Bonchev–Trinajstić information content (AvgIpc) is 4.26. The molecule has 7 atom stereocenters. The second-order valence-electron chi connectivity index (χ2n) is 30.8. The van der Waals surface area contributed by atoms with Gasteiger partial charge >= 0.3 is 0 Å². The van der Waals surface area contributed by atoms with E-state index in [9.17, 15) is 5.11 Å². The maximum Gasteiger partial charge on any atom is 0.0793 e. The second kappa shape index (κ2) is 35.4. The summed E-state index contributed by atoms with van der Waals surface area (Å²) in [7, 11) is 30.7. The van der Waals surface area contributed by atoms with Gasteiger partial charge in [-0.15, -0.1) is 0 Å². The molecule has 13 rings (SSSR count). The minimum absolute atomic E-state index is 0.169. The highest BCUT2D eigenvalue weighted by molar-refractivity contribution is 5.00. The molecule has 1 saturated carbocycles. The number of rotatable bonds is 0. The van der Waals surface area contributed by atoms with Crippen molar-refractivity contribution in [3.8, 4) is 0 Å². The van der Waals surface area contributed by atoms with Crippen LogP contribution in [-0.4, -0.2) is 361 Å². The Labute approximate surface area is 503 Å². The molecule has 1 N–H and O–H groups in total. The van der Waals surface area contributed by atoms with E-state index in [4.69, 9.17) is 0 Å². The number of hydrogen-bond acceptors (Lipinski definition) is 15. The third kappa shape index (κ3) is 25.9. The summed E-state index contributed by atoms with van der Waals surface area (Å²) in [5, 5.41) is 9.35. The zero-order valence-corrected chi connectivity index (χ0v) is 57.1. The van der Waals surface area contributed by atoms with Gasteiger partial charge in [-0.05, 0) is 269 Å². The average molecular weight is 1140 g/mol. The van der Waals surface area contributed by atoms with Crippen molar-refractivity contribution in [3.05, 3.63) is 0 Å². The zero-order chi connectivity index (χ0) is 59.4. The standard InChI is InChI=1S/C9H18N2.C9H17N.2C8H16N2.C7H16N2O.C7H16N2.3C6H13N/c1-10-6-8-4-3-5-11(2)9(8)7-10;1-8-5-9(6-8)3-4-10(2)7-9;1-9-4-3-8(5-9)6-10(2)7-8;1-9-4-3-8-7(5-9)6-10(8)2;1-8-3-4-9(2)6-7(10)5-8;1-8-4-3-5-9(2)7-6-8;3*1-6-3-4-7(2)5-6/h8-9H,3-7H2,1-2H3;8H,3-7H2,1-2H3;3-7H2,1-2H3;7-8H,3-6H2,1-2H3;7,10H,3-6H2,1-2H3;3-7H2,1-2H3;3*6H,3-5H2,1-2H3/t8-,9+;;;;;;2*6-;/m0.....10./s1. The lowest BCUT2D eigenvalue weighted by atomic mass is 9.62. The molecule has 478 valence electrons. The van der Waals surface area contributed by atoms with Gasteiger partial charge in [0.1, 0.15) is 0 Å². The Balaban J connectivity index is 0.000000168. The van der Waals surface area contributed by atoms with E-state index < -0.39 is 0 Å². The number of aliphatic hydroxyl groups is 1. The van der Waals surface area contributed by atoms with Crippen molar-refractivity contribution >= 4 is 0 Å². The van der Waals surface area contributed by atoms with Gasteiger partial charge in [0, 0.05) is 129 Å². The van der Waals surface area contributed by atoms with Gasteiger partial charge in [0.2, 0.25) is 0 Å². The summed E-state index contributed by atoms with van der Waals surface area (Å²) in [4.78, 5) is 33.5. The molecule has 0 aromatic carbocycles. The van der Waals surface area contributed by atoms with E-state index >= 15 is 0 Å². The van der Waals surface area contributed by atoms with Crippen molar-refractivity contribution in [2.75, 3.05) is 269 Å². The molecule has 1 aliphatic carbocycles. The maximum atomic E-state index is 9.35. The number of piperidine rings is 2. The van der Waals surface area contributed by atoms with Crippen LogP contribution in [0.4, 0.5) is 0 Å². The van der Waals surface area contributed by atoms with Gasteiger partial charge < -0.3 is 73.7 Å². The Hall–Kier alpha value is -0.600. The Morgan fingerprint density at radius 2 is 0.704 bits per heavy atom. The van der Waals surface area contributed by atoms with Crippen molar-refractivity contribution in [3.63, 3.8) is 0 Å². The minimum atomic E-state index is -0.169. The molecule has 0 aromatic rings. The van der Waals surface area contributed by atoms with Crippen LogP contribution in [0.25, 0.3) is 0 Å². The predicted molar refractivity (Wildman–Crippen MR) is 348 cm³/mol. The molecule has 12 heterocycles. The Morgan fingerprint density at radius 1 is 0.284 bits per heavy atom. The fourth-order valence-electron chi connectivity index (χ4n) is 16.3. The lowest BCUT2D eigenvalue weighted by Gasteiger charge is -2.51. The third-order valence-electron chi connectivity index (χ3n) is 21.0. The van der Waals surface area contributed by atoms with Gasteiger partial charge in [-0.1, -0.05) is 27.7 Å². The van der Waals surface area contributed by atoms with Crippen LogP contribution in [0.1, 0.15) is 98.3 Å². The van der Waals surface area contributed by atoms with E-state index in [1.54, 1.807) is 0 Å². The molecule has 12 saturated heterocycles. The molecule has 0 bridgehead atoms. The van der Waals surface area contributed by atoms with Crippen LogP contribution >= 0.6 is 0 Å². The van der Waals surface area contributed by atoms with E-state index in [-0.39, 0.29) is 6.10 Å². The van der Waals surface area contributed by atoms with E-state index in [0.29, 0.717) is 5.41 Å². The van der Waals surface area contributed by atoms with E-state index in [0.717, 1.165) is 79.2 Å². The molecular weight excluding hydrogens is 1000 g/mol. The lowest BCUT2D eigenvalue weighted by molar-refractivity contribution is -0.0178. The van der Waals surface area contributed by atoms with E-state index in [1.807, 2.05) is 14.1 Å². The summed E-state index contributed by atoms with van der Waals surface area (Å²) in [6.07, 6.45) is 15.5. The molecule has 13 fully saturated rings. The smallest absolute Gasteiger partial charge is 0.0793 e. The van der Waals surface area contributed by atoms with Crippen molar-refractivity contribution in [1.29, 1.82) is 0 Å². The van der Waals surface area contributed by atoms with Crippen molar-refractivity contribution in [1.82, 2.24) is 68.6 Å². The first-order chi connectivity index (χ1) is 38.3. The van der Waals surface area contributed by atoms with Crippen LogP contribution in [0.2, 0.25) is 0 Å². The molecule has 3 unspecified atom stereocenters. The van der Waals surface area contributed by atoms with Crippen molar-refractivity contribution in [2.45, 2.75) is 117 Å². The molecule has 15 nitrogen and oxygen atoms in total. The predicted octanol–water partition coefficient (Wildman–Crippen LogP) is 5.24. The lowest BCUT2D eigenvalue weighted by Crippen LogP contribution is -2.61. The third-order valence-corrected chi connectivity index (χ3v) is 21.0. The number of β-amino-alcohol motifs (C(OH)–C–C–N with tert-alkyl or cyclic N) is 1. The summed E-state index contributed by atoms with van der Waals surface area (Å²) in [6, 6.07) is 1.80. The summed E-state index contributed by atoms with van der Waals surface area (Å²) in [6.45, 7) is 41.8. The molecule has 0 amide bonds. The molecule has 15 heteroatoms. The SMILES string of the molecule is CC1CC2(CCN(C)C2)C1.CC1CCN(C)C1.CN1CCC2(C1)CN(C)C2.CN1CCC2C(C1)CN2C.CN1CCCN(C)CC1.CN1CCN(C)CC(O)C1.CN1C[C@@H]2CCCN(C)[C@@H]2C1.C[C@@H]1CCN(C)C1.C[C@H]1CCN(C)C1. The highest BCUT2D eigenvalue weighted by Crippen LogP contribution is 2.51. The molecule has 13 aliphatic rings. The highest BCUT2D eigenvalue weighted by Gasteiger charge is 2.46. The molecule has 81 heavy (non-hydrogen) atoms. The number of likely N-dealkylation sites (tertiary alicyclic amines) is 10. The van der Waals surface area contributed by atoms with Crippen LogP contribution in [0.3, 0.4) is 0 Å². The Kier molecular flexibility index (Phi) is 31.1. The van der Waals surface area contributed by atoms with Crippen LogP contribution in [-0.2, 0) is 0 Å². The summed E-state index contributed by atoms with van der Waals surface area (Å²) in [5.41, 5.74) is 1.50. The fraction of sp³-hybridized carbons (Fsp3) is 1.00. The summed E-state index contributed by atoms with van der Waals surface area (Å²) in [5.74, 6) is 5.83. The second-order valence-corrected chi connectivity index (χ2v) is 30.8. The van der Waals surface area contributed by atoms with Crippen LogP contribution in [0.15, 0.2) is 0 Å². The normalized spacial score (nSPS) is 35.9. The quantitative estimate of drug-likeness (QED) is 0.344. The highest BCUT2D eigenvalue weighted by atomic mass is 16.3. The zero-order valence-electron chi connectivity index (χ0n) is 57.1. The first-order valence-corrected chi connectivity index (χ1v) is 33.6. The largest absolute Gasteiger partial charge is 0.390 e. The number of likely N-dealkylation sites (N-methyl/N-ethyl adjacent to an activating group) is 6. The molecule has 2 spiro atoms. The van der Waals surface area contributed by atoms with Gasteiger partial charge in [-0.2, -0.15) is 0 Å². The van der Waals surface area contributed by atoms with Crippen LogP contribution in [0, 0.1) is 46.3 Å². The Morgan fingerprint density at radius 3 is 1.07 bits per heavy atom. The number of aliphatic hydroxyl groups excluding tert-OH is 1. The van der Waals surface area contributed by atoms with Crippen molar-refractivity contribution in [2.24, 2.45) is 46.3 Å². The molecule has 0 aromatic heterocycles. The number of nitrogens with zero attached hydrogens (tertiary/aromatic N) is 14. The topological polar surface area (TPSA) is 65.6 Å². The monoisotopic (exact) mass is 1140 g/mol. The number of hydrogen-bond donors (Lipinski definition) is 1. The van der Waals surface area contributed by atoms with Gasteiger partial charge in [0.15, 0.2) is 0 Å². The summed E-state index contributed by atoms with van der Waals surface area (Å²) >= 11 is 0. The summed E-state index contributed by atoms with van der Waals surface area (Å²) < 4.78 is 0. The molecule has 12 aliphatic heterocycles. The first-order valence-electron chi connectivity index (χ1n) is 33.6. The van der Waals surface area contributed by atoms with Gasteiger partial charge in [0.25, 0.3) is 0 Å². The molecule has 0 radical (unpaired) electrons. The van der Waals surface area contributed by atoms with Gasteiger partial charge in [0.05, 0.1) is 6.10 Å². The maximum absolute atomic E-state index is 9.35. The van der Waals surface area contributed by atoms with E-state index in [1.165, 1.54) is 215 Å². The minimum Gasteiger partial charge on any atom is -0.390 e. The van der Waals surface area contributed by atoms with Crippen LogP contribution in [0.5, 0.6) is 0 Å². The van der Waals surface area contributed by atoms with Crippen LogP contribution < -0.4 is 0 Å². The van der Waals surface area contributed by atoms with Gasteiger partial charge in [-0.3, -0.25) is 0 Å². The van der Waals surface area contributed by atoms with Crippen molar-refractivity contribution < 1.29 is 5.11 Å². The number of fused-ring (bicyclic) bond motifs is 2. The Bertz CT molecular complexity index is 1530. The fourth-order valence-corrected chi connectivity index (χ4v) is 16.3.